The van der Waals surface area contributed by atoms with Gasteiger partial charge in [-0.3, -0.25) is 25.3 Å². The molecule has 0 spiro atoms. The molecule has 8 heteroatoms. The minimum atomic E-state index is -0.206. The van der Waals surface area contributed by atoms with Crippen LogP contribution >= 0.6 is 0 Å². The second kappa shape index (κ2) is 9.67. The van der Waals surface area contributed by atoms with Crippen molar-refractivity contribution in [3.8, 4) is 0 Å². The Hall–Kier alpha value is -3.00. The van der Waals surface area contributed by atoms with Gasteiger partial charge in [0.15, 0.2) is 0 Å². The van der Waals surface area contributed by atoms with Gasteiger partial charge in [-0.2, -0.15) is 0 Å². The van der Waals surface area contributed by atoms with Crippen molar-refractivity contribution in [3.63, 3.8) is 0 Å². The first kappa shape index (κ1) is 20.3. The molecular formula is C22H28N6O2. The van der Waals surface area contributed by atoms with E-state index in [0.29, 0.717) is 18.8 Å². The molecule has 0 saturated carbocycles. The maximum Gasteiger partial charge on any atom is 0.255 e. The van der Waals surface area contributed by atoms with Crippen molar-refractivity contribution in [1.29, 1.82) is 0 Å². The van der Waals surface area contributed by atoms with Crippen molar-refractivity contribution >= 4 is 17.8 Å². The summed E-state index contributed by atoms with van der Waals surface area (Å²) in [5.41, 5.74) is 6.51. The van der Waals surface area contributed by atoms with Gasteiger partial charge >= 0.3 is 0 Å². The lowest BCUT2D eigenvalue weighted by Crippen LogP contribution is -2.52. The first-order chi connectivity index (χ1) is 14.7. The van der Waals surface area contributed by atoms with Gasteiger partial charge in [-0.25, -0.2) is 9.97 Å². The Bertz CT molecular complexity index is 839. The highest BCUT2D eigenvalue weighted by Gasteiger charge is 2.32. The normalized spacial score (nSPS) is 20.1. The number of anilines is 1. The Balaban J connectivity index is 1.23. The number of likely N-dealkylation sites (tertiary alicyclic amines) is 1. The second-order valence-electron chi connectivity index (χ2n) is 7.90. The topological polar surface area (TPSA) is 90.5 Å². The molecule has 0 bridgehead atoms. The molecule has 1 aromatic heterocycles. The van der Waals surface area contributed by atoms with Crippen LogP contribution in [0, 0.1) is 5.92 Å². The van der Waals surface area contributed by atoms with Crippen LogP contribution in [-0.2, 0) is 16.1 Å². The summed E-state index contributed by atoms with van der Waals surface area (Å²) in [5, 5.41) is 0. The highest BCUT2D eigenvalue weighted by Crippen LogP contribution is 2.21. The van der Waals surface area contributed by atoms with Gasteiger partial charge in [-0.15, -0.1) is 0 Å². The zero-order valence-electron chi connectivity index (χ0n) is 17.0. The molecule has 1 unspecified atom stereocenters. The lowest BCUT2D eigenvalue weighted by Gasteiger charge is -2.31. The van der Waals surface area contributed by atoms with E-state index < -0.39 is 0 Å². The van der Waals surface area contributed by atoms with Crippen LogP contribution < -0.4 is 15.8 Å². The molecule has 4 rings (SSSR count). The van der Waals surface area contributed by atoms with E-state index in [1.807, 2.05) is 18.2 Å². The van der Waals surface area contributed by atoms with Crippen molar-refractivity contribution in [1.82, 2.24) is 25.7 Å². The molecule has 8 nitrogen and oxygen atoms in total. The van der Waals surface area contributed by atoms with Gasteiger partial charge in [0, 0.05) is 37.9 Å². The maximum absolute atomic E-state index is 12.7. The summed E-state index contributed by atoms with van der Waals surface area (Å²) in [5.74, 6) is 0.329. The average Bonchev–Trinajstić information content (AvgIpc) is 3.27. The summed E-state index contributed by atoms with van der Waals surface area (Å²) in [4.78, 5) is 38.0. The van der Waals surface area contributed by atoms with Crippen LogP contribution in [0.25, 0.3) is 0 Å². The Morgan fingerprint density at radius 3 is 2.33 bits per heavy atom. The fraction of sp³-hybridized carbons (Fsp3) is 0.455. The van der Waals surface area contributed by atoms with Crippen LogP contribution in [0.5, 0.6) is 0 Å². The number of benzene rings is 1. The smallest absolute Gasteiger partial charge is 0.255 e. The molecule has 2 aliphatic heterocycles. The van der Waals surface area contributed by atoms with Crippen LogP contribution in [0.1, 0.15) is 31.2 Å². The molecule has 0 radical (unpaired) electrons. The molecule has 2 amide bonds. The minimum Gasteiger partial charge on any atom is -0.341 e. The molecule has 3 heterocycles. The van der Waals surface area contributed by atoms with Gasteiger partial charge in [-0.05, 0) is 43.9 Å². The molecule has 1 atom stereocenters. The third kappa shape index (κ3) is 4.94. The molecule has 2 aliphatic rings. The van der Waals surface area contributed by atoms with Gasteiger partial charge in [0.2, 0.25) is 11.9 Å². The van der Waals surface area contributed by atoms with Crippen LogP contribution in [0.15, 0.2) is 48.8 Å². The standard InChI is InChI=1S/C22H28N6O2/c29-20(18-9-14-27(15-10-18)22-23-11-5-12-24-22)25-26-21(30)19-8-4-13-28(19)16-17-6-2-1-3-7-17/h1-3,5-7,11-12,18-19H,4,8-10,13-16H2,(H,25,29)(H,26,30). The van der Waals surface area contributed by atoms with Crippen LogP contribution in [-0.4, -0.2) is 52.4 Å². The predicted octanol–water partition coefficient (Wildman–Crippen LogP) is 1.50. The lowest BCUT2D eigenvalue weighted by atomic mass is 9.96. The lowest BCUT2D eigenvalue weighted by molar-refractivity contribution is -0.133. The number of hydrogen-bond acceptors (Lipinski definition) is 6. The van der Waals surface area contributed by atoms with Gasteiger partial charge in [0.05, 0.1) is 6.04 Å². The Morgan fingerprint density at radius 2 is 1.60 bits per heavy atom. The molecule has 2 saturated heterocycles. The number of piperidine rings is 1. The van der Waals surface area contributed by atoms with Crippen LogP contribution in [0.2, 0.25) is 0 Å². The average molecular weight is 409 g/mol. The second-order valence-corrected chi connectivity index (χ2v) is 7.90. The number of rotatable bonds is 5. The molecule has 1 aromatic carbocycles. The number of hydrazine groups is 1. The van der Waals surface area contributed by atoms with Crippen molar-refractivity contribution in [2.45, 2.75) is 38.3 Å². The molecule has 158 valence electrons. The minimum absolute atomic E-state index is 0.116. The summed E-state index contributed by atoms with van der Waals surface area (Å²) >= 11 is 0. The van der Waals surface area contributed by atoms with Crippen molar-refractivity contribution in [3.05, 3.63) is 54.4 Å². The fourth-order valence-electron chi connectivity index (χ4n) is 4.24. The Kier molecular flexibility index (Phi) is 6.53. The van der Waals surface area contributed by atoms with Crippen molar-refractivity contribution in [2.24, 2.45) is 5.92 Å². The van der Waals surface area contributed by atoms with E-state index in [0.717, 1.165) is 39.0 Å². The Morgan fingerprint density at radius 1 is 0.900 bits per heavy atom. The number of nitrogens with one attached hydrogen (secondary N) is 2. The van der Waals surface area contributed by atoms with E-state index in [2.05, 4.69) is 42.8 Å². The molecule has 2 N–H and O–H groups in total. The van der Waals surface area contributed by atoms with Crippen molar-refractivity contribution in [2.75, 3.05) is 24.5 Å². The number of carbonyl (C=O) groups is 2. The molecule has 2 fully saturated rings. The van der Waals surface area contributed by atoms with Gasteiger partial charge in [-0.1, -0.05) is 30.3 Å². The van der Waals surface area contributed by atoms with E-state index in [9.17, 15) is 9.59 Å². The predicted molar refractivity (Wildman–Crippen MR) is 113 cm³/mol. The van der Waals surface area contributed by atoms with Crippen LogP contribution in [0.3, 0.4) is 0 Å². The number of amides is 2. The quantitative estimate of drug-likeness (QED) is 0.729. The zero-order valence-corrected chi connectivity index (χ0v) is 17.0. The molecule has 0 aliphatic carbocycles. The third-order valence-electron chi connectivity index (χ3n) is 5.90. The summed E-state index contributed by atoms with van der Waals surface area (Å²) in [6.45, 7) is 3.08. The molecule has 30 heavy (non-hydrogen) atoms. The van der Waals surface area contributed by atoms with E-state index in [-0.39, 0.29) is 23.8 Å². The van der Waals surface area contributed by atoms with Gasteiger partial charge in [0.25, 0.3) is 5.91 Å². The van der Waals surface area contributed by atoms with E-state index in [1.54, 1.807) is 18.5 Å². The summed E-state index contributed by atoms with van der Waals surface area (Å²) in [7, 11) is 0. The number of nitrogens with zero attached hydrogens (tertiary/aromatic N) is 4. The Labute approximate surface area is 176 Å². The maximum atomic E-state index is 12.7. The number of aromatic nitrogens is 2. The van der Waals surface area contributed by atoms with Crippen molar-refractivity contribution < 1.29 is 9.59 Å². The zero-order chi connectivity index (χ0) is 20.8. The van der Waals surface area contributed by atoms with E-state index in [4.69, 9.17) is 0 Å². The third-order valence-corrected chi connectivity index (χ3v) is 5.90. The SMILES string of the molecule is O=C(NNC(=O)C1CCCN1Cc1ccccc1)C1CCN(c2ncccn2)CC1. The molecular weight excluding hydrogens is 380 g/mol. The summed E-state index contributed by atoms with van der Waals surface area (Å²) < 4.78 is 0. The monoisotopic (exact) mass is 408 g/mol. The number of carbonyl (C=O) groups excluding carboxylic acids is 2. The van der Waals surface area contributed by atoms with Gasteiger partial charge in [0.1, 0.15) is 0 Å². The first-order valence-electron chi connectivity index (χ1n) is 10.6. The van der Waals surface area contributed by atoms with Gasteiger partial charge < -0.3 is 4.90 Å². The number of hydrogen-bond donors (Lipinski definition) is 2. The van der Waals surface area contributed by atoms with Crippen LogP contribution in [0.4, 0.5) is 5.95 Å². The summed E-state index contributed by atoms with van der Waals surface area (Å²) in [6, 6.07) is 11.7. The first-order valence-corrected chi connectivity index (χ1v) is 10.6. The molecule has 2 aromatic rings. The highest BCUT2D eigenvalue weighted by atomic mass is 16.2. The highest BCUT2D eigenvalue weighted by molar-refractivity contribution is 5.86. The fourth-order valence-corrected chi connectivity index (χ4v) is 4.24. The largest absolute Gasteiger partial charge is 0.341 e. The van der Waals surface area contributed by atoms with E-state index >= 15 is 0 Å². The summed E-state index contributed by atoms with van der Waals surface area (Å²) in [6.07, 6.45) is 6.66. The van der Waals surface area contributed by atoms with E-state index in [1.165, 1.54) is 5.56 Å².